The van der Waals surface area contributed by atoms with E-state index in [9.17, 15) is 10.1 Å². The van der Waals surface area contributed by atoms with Gasteiger partial charge in [0.2, 0.25) is 0 Å². The second-order valence-electron chi connectivity index (χ2n) is 4.98. The van der Waals surface area contributed by atoms with Crippen molar-refractivity contribution in [2.24, 2.45) is 10.3 Å². The first kappa shape index (κ1) is 18.2. The van der Waals surface area contributed by atoms with Gasteiger partial charge in [-0.3, -0.25) is 15.5 Å². The average molecular weight is 363 g/mol. The first-order valence-corrected chi connectivity index (χ1v) is 9.39. The number of nitrogens with zero attached hydrogens (tertiary/aromatic N) is 4. The lowest BCUT2D eigenvalue weighted by molar-refractivity contribution is -0.388. The number of hydrogen-bond donors (Lipinski definition) is 1. The summed E-state index contributed by atoms with van der Waals surface area (Å²) in [5.74, 6) is 0. The van der Waals surface area contributed by atoms with Crippen molar-refractivity contribution >= 4 is 33.0 Å². The molecule has 0 bridgehead atoms. The quantitative estimate of drug-likeness (QED) is 0.310. The monoisotopic (exact) mass is 363 g/mol. The summed E-state index contributed by atoms with van der Waals surface area (Å²) in [6, 6.07) is 10.9. The summed E-state index contributed by atoms with van der Waals surface area (Å²) < 4.78 is 0. The largest absolute Gasteiger partial charge is 0.302 e. The fourth-order valence-corrected chi connectivity index (χ4v) is 3.67. The van der Waals surface area contributed by atoms with Crippen molar-refractivity contribution in [1.29, 1.82) is 0 Å². The van der Waals surface area contributed by atoms with Crippen LogP contribution in [-0.4, -0.2) is 21.7 Å². The van der Waals surface area contributed by atoms with Gasteiger partial charge in [0.05, 0.1) is 17.2 Å². The van der Waals surface area contributed by atoms with E-state index < -0.39 is 4.92 Å². The molecule has 0 radical (unpaired) electrons. The number of nitrogens with one attached hydrogen (secondary N) is 1. The van der Waals surface area contributed by atoms with Gasteiger partial charge in [0.15, 0.2) is 5.03 Å². The van der Waals surface area contributed by atoms with Gasteiger partial charge in [-0.1, -0.05) is 40.6 Å². The van der Waals surface area contributed by atoms with Crippen LogP contribution in [0.5, 0.6) is 0 Å². The van der Waals surface area contributed by atoms with Gasteiger partial charge in [-0.25, -0.2) is 4.98 Å². The lowest BCUT2D eigenvalue weighted by Crippen LogP contribution is -2.00. The van der Waals surface area contributed by atoms with Crippen molar-refractivity contribution in [2.45, 2.75) is 24.1 Å². The molecular formula is C15H17N5O2S2. The van der Waals surface area contributed by atoms with Gasteiger partial charge < -0.3 is 0 Å². The third-order valence-corrected chi connectivity index (χ3v) is 5.67. The average Bonchev–Trinajstić information content (AvgIpc) is 2.58. The van der Waals surface area contributed by atoms with Crippen LogP contribution in [0.2, 0.25) is 0 Å². The Morgan fingerprint density at radius 3 is 2.79 bits per heavy atom. The molecule has 24 heavy (non-hydrogen) atoms. The molecule has 126 valence electrons. The Morgan fingerprint density at radius 1 is 1.33 bits per heavy atom. The molecule has 0 amide bonds. The maximum absolute atomic E-state index is 10.9. The predicted molar refractivity (Wildman–Crippen MR) is 98.3 cm³/mol. The van der Waals surface area contributed by atoms with E-state index in [0.29, 0.717) is 11.6 Å². The minimum absolute atomic E-state index is 0.0184. The smallest absolute Gasteiger partial charge is 0.260 e. The van der Waals surface area contributed by atoms with Gasteiger partial charge in [-0.2, -0.15) is 5.11 Å². The molecule has 1 unspecified atom stereocenters. The van der Waals surface area contributed by atoms with Crippen LogP contribution in [0.15, 0.2) is 58.0 Å². The number of nitro groups is 1. The highest BCUT2D eigenvalue weighted by Crippen LogP contribution is 2.37. The van der Waals surface area contributed by atoms with E-state index >= 15 is 0 Å². The normalized spacial score (nSPS) is 12.2. The number of aryl methyl sites for hydroxylation is 1. The summed E-state index contributed by atoms with van der Waals surface area (Å²) in [6.07, 6.45) is 1.55. The van der Waals surface area contributed by atoms with Crippen molar-refractivity contribution in [3.8, 4) is 0 Å². The molecule has 0 aliphatic rings. The molecule has 0 saturated carbocycles. The highest BCUT2D eigenvalue weighted by atomic mass is 33.1. The second-order valence-corrected chi connectivity index (χ2v) is 7.60. The SMILES string of the molecule is Cc1ccc(NN=NCC(C)SSc2ncccc2[N+](=O)[O-])cc1. The van der Waals surface area contributed by atoms with Gasteiger partial charge in [0.25, 0.3) is 0 Å². The third-order valence-electron chi connectivity index (χ3n) is 2.88. The molecule has 0 saturated heterocycles. The zero-order valence-corrected chi connectivity index (χ0v) is 14.9. The molecule has 1 N–H and O–H groups in total. The Balaban J connectivity index is 1.77. The van der Waals surface area contributed by atoms with Crippen LogP contribution in [0.1, 0.15) is 12.5 Å². The third kappa shape index (κ3) is 5.82. The van der Waals surface area contributed by atoms with Gasteiger partial charge in [0.1, 0.15) is 0 Å². The molecule has 0 aliphatic carbocycles. The Labute approximate surface area is 147 Å². The van der Waals surface area contributed by atoms with Crippen LogP contribution in [-0.2, 0) is 0 Å². The molecule has 0 spiro atoms. The molecular weight excluding hydrogens is 346 g/mol. The van der Waals surface area contributed by atoms with Crippen molar-refractivity contribution < 1.29 is 4.92 Å². The molecule has 1 heterocycles. The summed E-state index contributed by atoms with van der Waals surface area (Å²) in [6.45, 7) is 4.50. The number of aromatic nitrogens is 1. The molecule has 2 rings (SSSR count). The predicted octanol–water partition coefficient (Wildman–Crippen LogP) is 4.91. The van der Waals surface area contributed by atoms with E-state index in [1.807, 2.05) is 38.1 Å². The number of rotatable bonds is 8. The molecule has 1 aromatic carbocycles. The first-order valence-electron chi connectivity index (χ1n) is 7.18. The van der Waals surface area contributed by atoms with E-state index in [1.54, 1.807) is 12.3 Å². The van der Waals surface area contributed by atoms with E-state index in [0.717, 1.165) is 5.69 Å². The number of hydrogen-bond acceptors (Lipinski definition) is 7. The van der Waals surface area contributed by atoms with Gasteiger partial charge in [-0.05, 0) is 35.9 Å². The van der Waals surface area contributed by atoms with Crippen molar-refractivity contribution in [3.05, 3.63) is 58.3 Å². The summed E-state index contributed by atoms with van der Waals surface area (Å²) in [4.78, 5) is 14.6. The fourth-order valence-electron chi connectivity index (χ4n) is 1.62. The Bertz CT molecular complexity index is 709. The van der Waals surface area contributed by atoms with E-state index in [4.69, 9.17) is 0 Å². The molecule has 7 nitrogen and oxygen atoms in total. The van der Waals surface area contributed by atoms with E-state index in [1.165, 1.54) is 33.2 Å². The lowest BCUT2D eigenvalue weighted by Gasteiger charge is -2.06. The standard InChI is InChI=1S/C15H17N5O2S2/c1-11-5-7-13(8-6-11)18-19-17-10-12(2)23-24-15-14(20(21)22)4-3-9-16-15/h3-9,12H,10H2,1-2H3,(H,17,18). The first-order chi connectivity index (χ1) is 11.6. The summed E-state index contributed by atoms with van der Waals surface area (Å²) >= 11 is 0. The van der Waals surface area contributed by atoms with Crippen LogP contribution in [0.3, 0.4) is 0 Å². The topological polar surface area (TPSA) is 92.8 Å². The highest BCUT2D eigenvalue weighted by Gasteiger charge is 2.16. The van der Waals surface area contributed by atoms with Crippen LogP contribution >= 0.6 is 21.6 Å². The summed E-state index contributed by atoms with van der Waals surface area (Å²) in [5, 5.41) is 19.5. The molecule has 0 fully saturated rings. The second kappa shape index (κ2) is 9.24. The molecule has 1 atom stereocenters. The van der Waals surface area contributed by atoms with Gasteiger partial charge >= 0.3 is 5.69 Å². The lowest BCUT2D eigenvalue weighted by atomic mass is 10.2. The molecule has 9 heteroatoms. The highest BCUT2D eigenvalue weighted by molar-refractivity contribution is 8.76. The van der Waals surface area contributed by atoms with Crippen LogP contribution < -0.4 is 5.43 Å². The Hall–Kier alpha value is -2.13. The van der Waals surface area contributed by atoms with Crippen LogP contribution in [0.4, 0.5) is 11.4 Å². The zero-order valence-electron chi connectivity index (χ0n) is 13.2. The number of benzene rings is 1. The fraction of sp³-hybridized carbons (Fsp3) is 0.267. The molecule has 2 aromatic rings. The van der Waals surface area contributed by atoms with Gasteiger partial charge in [0, 0.05) is 17.5 Å². The number of pyridine rings is 1. The summed E-state index contributed by atoms with van der Waals surface area (Å²) in [7, 11) is 2.76. The minimum atomic E-state index is -0.425. The van der Waals surface area contributed by atoms with Crippen LogP contribution in [0.25, 0.3) is 0 Å². The summed E-state index contributed by atoms with van der Waals surface area (Å²) in [5.41, 5.74) is 4.95. The zero-order chi connectivity index (χ0) is 17.4. The van der Waals surface area contributed by atoms with Crippen molar-refractivity contribution in [3.63, 3.8) is 0 Å². The van der Waals surface area contributed by atoms with E-state index in [-0.39, 0.29) is 10.9 Å². The Kier molecular flexibility index (Phi) is 7.01. The van der Waals surface area contributed by atoms with Crippen molar-refractivity contribution in [2.75, 3.05) is 12.0 Å². The molecule has 0 aliphatic heterocycles. The van der Waals surface area contributed by atoms with E-state index in [2.05, 4.69) is 20.7 Å². The Morgan fingerprint density at radius 2 is 2.08 bits per heavy atom. The minimum Gasteiger partial charge on any atom is -0.260 e. The van der Waals surface area contributed by atoms with Crippen LogP contribution in [0, 0.1) is 17.0 Å². The molecule has 1 aromatic heterocycles. The maximum Gasteiger partial charge on any atom is 0.302 e. The van der Waals surface area contributed by atoms with Gasteiger partial charge in [-0.15, -0.1) is 0 Å². The maximum atomic E-state index is 10.9. The number of anilines is 1. The van der Waals surface area contributed by atoms with Crippen molar-refractivity contribution in [1.82, 2.24) is 4.98 Å².